The van der Waals surface area contributed by atoms with Gasteiger partial charge in [-0.15, -0.1) is 0 Å². The van der Waals surface area contributed by atoms with E-state index in [0.717, 1.165) is 0 Å². The fourth-order valence-corrected chi connectivity index (χ4v) is 2.95. The molecule has 0 radical (unpaired) electrons. The first-order chi connectivity index (χ1) is 11.5. The van der Waals surface area contributed by atoms with E-state index in [4.69, 9.17) is 21.1 Å². The van der Waals surface area contributed by atoms with Gasteiger partial charge in [0.05, 0.1) is 12.2 Å². The van der Waals surface area contributed by atoms with Gasteiger partial charge in [-0.1, -0.05) is 23.7 Å². The van der Waals surface area contributed by atoms with Gasteiger partial charge in [-0.25, -0.2) is 4.79 Å². The van der Waals surface area contributed by atoms with E-state index < -0.39 is 29.2 Å². The summed E-state index contributed by atoms with van der Waals surface area (Å²) in [6.45, 7) is 1.92. The highest BCUT2D eigenvalue weighted by Gasteiger charge is 2.39. The van der Waals surface area contributed by atoms with Gasteiger partial charge in [0.1, 0.15) is 12.0 Å². The van der Waals surface area contributed by atoms with Crippen LogP contribution < -0.4 is 16.0 Å². The average molecular weight is 351 g/mol. The standard InChI is InChI=1S/C16H15ClN2O5/c1-2-23-15(21)10-7-11-13(20)18-16(22)19-14(11)24-12(10)8-4-3-5-9(17)6-8/h3-6,10,12H,2,7H2,1H3,(H2,18,19,20,22)/t10-,12-/m0/s1. The van der Waals surface area contributed by atoms with Crippen LogP contribution in [0.5, 0.6) is 5.88 Å². The zero-order valence-corrected chi connectivity index (χ0v) is 13.6. The SMILES string of the molecule is CCOC(=O)[C@H]1Cc2c([nH]c(=O)[nH]c2=O)O[C@H]1c1cccc(Cl)c1. The van der Waals surface area contributed by atoms with Gasteiger partial charge in [-0.3, -0.25) is 19.6 Å². The summed E-state index contributed by atoms with van der Waals surface area (Å²) in [6, 6.07) is 6.88. The van der Waals surface area contributed by atoms with E-state index in [2.05, 4.69) is 9.97 Å². The van der Waals surface area contributed by atoms with Crippen molar-refractivity contribution in [3.63, 3.8) is 0 Å². The molecule has 0 bridgehead atoms. The molecule has 2 atom stereocenters. The Balaban J connectivity index is 2.08. The lowest BCUT2D eigenvalue weighted by Crippen LogP contribution is -2.38. The third-order valence-electron chi connectivity index (χ3n) is 3.80. The second kappa shape index (κ2) is 6.52. The van der Waals surface area contributed by atoms with Crippen molar-refractivity contribution >= 4 is 17.6 Å². The van der Waals surface area contributed by atoms with E-state index >= 15 is 0 Å². The number of rotatable bonds is 3. The number of hydrogen-bond acceptors (Lipinski definition) is 5. The maximum absolute atomic E-state index is 12.3. The number of aromatic nitrogens is 2. The molecule has 0 saturated carbocycles. The summed E-state index contributed by atoms with van der Waals surface area (Å²) in [6.07, 6.45) is -0.620. The number of benzene rings is 1. The number of halogens is 1. The summed E-state index contributed by atoms with van der Waals surface area (Å²) < 4.78 is 10.9. The molecule has 0 aliphatic carbocycles. The first-order valence-corrected chi connectivity index (χ1v) is 7.81. The number of fused-ring (bicyclic) bond motifs is 1. The summed E-state index contributed by atoms with van der Waals surface area (Å²) in [5.74, 6) is -1.13. The zero-order valence-electron chi connectivity index (χ0n) is 12.8. The number of nitrogens with one attached hydrogen (secondary N) is 2. The van der Waals surface area contributed by atoms with Crippen LogP contribution in [0.4, 0.5) is 0 Å². The zero-order chi connectivity index (χ0) is 17.3. The van der Waals surface area contributed by atoms with Crippen molar-refractivity contribution in [3.05, 3.63) is 61.3 Å². The van der Waals surface area contributed by atoms with Crippen LogP contribution in [0.3, 0.4) is 0 Å². The summed E-state index contributed by atoms with van der Waals surface area (Å²) in [4.78, 5) is 40.4. The van der Waals surface area contributed by atoms with Crippen LogP contribution in [0.25, 0.3) is 0 Å². The largest absolute Gasteiger partial charge is 0.469 e. The maximum Gasteiger partial charge on any atom is 0.328 e. The Morgan fingerprint density at radius 1 is 1.38 bits per heavy atom. The van der Waals surface area contributed by atoms with Crippen LogP contribution in [0.15, 0.2) is 33.9 Å². The van der Waals surface area contributed by atoms with Gasteiger partial charge in [-0.05, 0) is 24.6 Å². The molecule has 7 nitrogen and oxygen atoms in total. The van der Waals surface area contributed by atoms with Crippen molar-refractivity contribution in [1.82, 2.24) is 9.97 Å². The van der Waals surface area contributed by atoms with Crippen molar-refractivity contribution in [1.29, 1.82) is 0 Å². The molecule has 8 heteroatoms. The summed E-state index contributed by atoms with van der Waals surface area (Å²) in [7, 11) is 0. The first-order valence-electron chi connectivity index (χ1n) is 7.43. The van der Waals surface area contributed by atoms with Gasteiger partial charge in [0.2, 0.25) is 5.88 Å². The van der Waals surface area contributed by atoms with Crippen molar-refractivity contribution in [2.75, 3.05) is 6.61 Å². The molecule has 2 heterocycles. The second-order valence-electron chi connectivity index (χ2n) is 5.37. The van der Waals surface area contributed by atoms with E-state index in [1.54, 1.807) is 31.2 Å². The molecule has 0 unspecified atom stereocenters. The molecule has 0 spiro atoms. The highest BCUT2D eigenvalue weighted by molar-refractivity contribution is 6.30. The molecule has 3 rings (SSSR count). The lowest BCUT2D eigenvalue weighted by molar-refractivity contribution is -0.152. The monoisotopic (exact) mass is 350 g/mol. The Kier molecular flexibility index (Phi) is 4.44. The van der Waals surface area contributed by atoms with Crippen molar-refractivity contribution in [3.8, 4) is 5.88 Å². The molecule has 0 saturated heterocycles. The van der Waals surface area contributed by atoms with Crippen molar-refractivity contribution in [2.45, 2.75) is 19.4 Å². The Bertz CT molecular complexity index is 889. The molecular weight excluding hydrogens is 336 g/mol. The van der Waals surface area contributed by atoms with Crippen LogP contribution in [-0.2, 0) is 16.0 Å². The second-order valence-corrected chi connectivity index (χ2v) is 5.81. The lowest BCUT2D eigenvalue weighted by atomic mass is 9.88. The predicted molar refractivity (Wildman–Crippen MR) is 86.3 cm³/mol. The van der Waals surface area contributed by atoms with Gasteiger partial charge in [0.25, 0.3) is 5.56 Å². The number of H-pyrrole nitrogens is 2. The molecule has 1 aromatic carbocycles. The summed E-state index contributed by atoms with van der Waals surface area (Å²) >= 11 is 6.02. The topological polar surface area (TPSA) is 101 Å². The Morgan fingerprint density at radius 2 is 2.17 bits per heavy atom. The normalized spacial score (nSPS) is 19.2. The van der Waals surface area contributed by atoms with Gasteiger partial charge in [-0.2, -0.15) is 0 Å². The molecule has 24 heavy (non-hydrogen) atoms. The van der Waals surface area contributed by atoms with Crippen molar-refractivity contribution < 1.29 is 14.3 Å². The fraction of sp³-hybridized carbons (Fsp3) is 0.312. The number of carbonyl (C=O) groups is 1. The predicted octanol–water partition coefficient (Wildman–Crippen LogP) is 1.57. The van der Waals surface area contributed by atoms with E-state index in [0.29, 0.717) is 10.6 Å². The van der Waals surface area contributed by atoms with Crippen LogP contribution >= 0.6 is 11.6 Å². The molecule has 1 aliphatic heterocycles. The lowest BCUT2D eigenvalue weighted by Gasteiger charge is -2.31. The Labute approximate surface area is 141 Å². The smallest absolute Gasteiger partial charge is 0.328 e. The van der Waals surface area contributed by atoms with Crippen molar-refractivity contribution in [2.24, 2.45) is 5.92 Å². The number of hydrogen-bond donors (Lipinski definition) is 2. The van der Waals surface area contributed by atoms with E-state index in [-0.39, 0.29) is 24.5 Å². The van der Waals surface area contributed by atoms with Crippen LogP contribution in [0.1, 0.15) is 24.2 Å². The van der Waals surface area contributed by atoms with Gasteiger partial charge in [0.15, 0.2) is 0 Å². The molecule has 2 aromatic rings. The Hall–Kier alpha value is -2.54. The van der Waals surface area contributed by atoms with Gasteiger partial charge < -0.3 is 9.47 Å². The average Bonchev–Trinajstić information content (AvgIpc) is 2.54. The third kappa shape index (κ3) is 3.07. The highest BCUT2D eigenvalue weighted by atomic mass is 35.5. The molecule has 126 valence electrons. The van der Waals surface area contributed by atoms with E-state index in [9.17, 15) is 14.4 Å². The molecule has 2 N–H and O–H groups in total. The number of aromatic amines is 2. The Morgan fingerprint density at radius 3 is 2.88 bits per heavy atom. The third-order valence-corrected chi connectivity index (χ3v) is 4.04. The highest BCUT2D eigenvalue weighted by Crippen LogP contribution is 2.37. The number of esters is 1. The number of carbonyl (C=O) groups excluding carboxylic acids is 1. The fourth-order valence-electron chi connectivity index (χ4n) is 2.75. The minimum absolute atomic E-state index is 0.0641. The number of ether oxygens (including phenoxy) is 2. The molecule has 1 aliphatic rings. The minimum atomic E-state index is -0.720. The molecular formula is C16H15ClN2O5. The quantitative estimate of drug-likeness (QED) is 0.818. The van der Waals surface area contributed by atoms with Crippen LogP contribution in [0.2, 0.25) is 5.02 Å². The summed E-state index contributed by atoms with van der Waals surface area (Å²) in [5, 5.41) is 0.490. The maximum atomic E-state index is 12.3. The first kappa shape index (κ1) is 16.3. The van der Waals surface area contributed by atoms with Crippen LogP contribution in [0, 0.1) is 5.92 Å². The van der Waals surface area contributed by atoms with Gasteiger partial charge >= 0.3 is 11.7 Å². The van der Waals surface area contributed by atoms with E-state index in [1.165, 1.54) is 0 Å². The van der Waals surface area contributed by atoms with Gasteiger partial charge in [0, 0.05) is 11.4 Å². The molecule has 1 aromatic heterocycles. The molecule has 0 fully saturated rings. The summed E-state index contributed by atoms with van der Waals surface area (Å²) in [5.41, 5.74) is -0.371. The molecule has 0 amide bonds. The van der Waals surface area contributed by atoms with E-state index in [1.807, 2.05) is 0 Å². The van der Waals surface area contributed by atoms with Crippen LogP contribution in [-0.4, -0.2) is 22.5 Å². The minimum Gasteiger partial charge on any atom is -0.469 e.